The molecule has 2 aliphatic carbocycles. The average Bonchev–Trinajstić information content (AvgIpc) is 3.39. The summed E-state index contributed by atoms with van der Waals surface area (Å²) in [5, 5.41) is 15.8. The van der Waals surface area contributed by atoms with E-state index in [1.165, 1.54) is 12.5 Å². The quantitative estimate of drug-likeness (QED) is 0.432. The Labute approximate surface area is 224 Å². The van der Waals surface area contributed by atoms with Crippen LogP contribution in [0.5, 0.6) is 5.75 Å². The van der Waals surface area contributed by atoms with E-state index >= 15 is 0 Å². The van der Waals surface area contributed by atoms with Crippen molar-refractivity contribution in [2.45, 2.75) is 81.3 Å². The number of hydrogen-bond donors (Lipinski definition) is 2. The van der Waals surface area contributed by atoms with Crippen LogP contribution >= 0.6 is 0 Å². The van der Waals surface area contributed by atoms with E-state index in [9.17, 15) is 14.7 Å². The summed E-state index contributed by atoms with van der Waals surface area (Å²) in [6.45, 7) is 5.07. The summed E-state index contributed by atoms with van der Waals surface area (Å²) >= 11 is 0. The minimum absolute atomic E-state index is 0.0126. The molecular formula is C29H39N3O6. The van der Waals surface area contributed by atoms with Crippen LogP contribution in [0.25, 0.3) is 0 Å². The lowest BCUT2D eigenvalue weighted by Crippen LogP contribution is -2.81. The van der Waals surface area contributed by atoms with Gasteiger partial charge in [-0.3, -0.25) is 9.69 Å². The number of nitrogens with zero attached hydrogens (tertiary/aromatic N) is 2. The lowest BCUT2D eigenvalue weighted by Gasteiger charge is -2.64. The Morgan fingerprint density at radius 2 is 2.00 bits per heavy atom. The van der Waals surface area contributed by atoms with Crippen molar-refractivity contribution in [3.05, 3.63) is 35.9 Å². The molecule has 2 N–H and O–H groups in total. The van der Waals surface area contributed by atoms with Gasteiger partial charge >= 0.3 is 12.1 Å². The number of amides is 1. The third-order valence-electron chi connectivity index (χ3n) is 10.1. The summed E-state index contributed by atoms with van der Waals surface area (Å²) in [6, 6.07) is 5.71. The second-order valence-electron chi connectivity index (χ2n) is 11.7. The van der Waals surface area contributed by atoms with Gasteiger partial charge in [-0.2, -0.15) is 0 Å². The number of anilines is 1. The molecule has 9 heteroatoms. The molecule has 206 valence electrons. The van der Waals surface area contributed by atoms with Crippen LogP contribution in [-0.2, 0) is 19.7 Å². The van der Waals surface area contributed by atoms with Crippen molar-refractivity contribution in [3.8, 4) is 5.75 Å². The molecule has 3 fully saturated rings. The minimum Gasteiger partial charge on any atom is -0.497 e. The first-order valence-corrected chi connectivity index (χ1v) is 13.9. The van der Waals surface area contributed by atoms with Crippen LogP contribution in [0.1, 0.15) is 51.5 Å². The number of aliphatic hydroxyl groups is 1. The third-order valence-corrected chi connectivity index (χ3v) is 10.1. The standard InChI is InChI=1S/C29H39N3O6/c1-5-27-12-7-14-32-15-13-28(23(27)32)21-11-10-20(36-4)16-22(21)31(3)24(28)29(35,25(27)37-18(2)33)17-30-26(34)38-19-8-6-9-19/h7,10-12,16,19,23-25,35H,5-6,8-9,13-15,17H2,1-4H3,(H,30,34)/t23-,24+,25+,27+,28+,29-/m0/s1. The van der Waals surface area contributed by atoms with Crippen LogP contribution in [0.2, 0.25) is 0 Å². The summed E-state index contributed by atoms with van der Waals surface area (Å²) in [6.07, 6.45) is 7.11. The topological polar surface area (TPSA) is 101 Å². The van der Waals surface area contributed by atoms with Crippen molar-refractivity contribution in [1.82, 2.24) is 10.2 Å². The monoisotopic (exact) mass is 525 g/mol. The van der Waals surface area contributed by atoms with Crippen molar-refractivity contribution in [1.29, 1.82) is 0 Å². The van der Waals surface area contributed by atoms with Gasteiger partial charge in [0.1, 0.15) is 23.6 Å². The highest BCUT2D eigenvalue weighted by Crippen LogP contribution is 2.67. The van der Waals surface area contributed by atoms with Gasteiger partial charge in [-0.15, -0.1) is 0 Å². The van der Waals surface area contributed by atoms with Crippen LogP contribution in [0, 0.1) is 5.41 Å². The Hall–Kier alpha value is -2.78. The summed E-state index contributed by atoms with van der Waals surface area (Å²) in [5.74, 6) is 0.294. The number of fused-ring (bicyclic) bond motifs is 1. The van der Waals surface area contributed by atoms with Crippen LogP contribution in [-0.4, -0.2) is 85.8 Å². The summed E-state index contributed by atoms with van der Waals surface area (Å²) < 4.78 is 17.3. The largest absolute Gasteiger partial charge is 0.497 e. The van der Waals surface area contributed by atoms with Gasteiger partial charge in [0.25, 0.3) is 0 Å². The molecule has 1 spiro atoms. The predicted octanol–water partition coefficient (Wildman–Crippen LogP) is 2.75. The first-order valence-electron chi connectivity index (χ1n) is 13.9. The Morgan fingerprint density at radius 3 is 2.66 bits per heavy atom. The molecule has 6 atom stereocenters. The van der Waals surface area contributed by atoms with Crippen molar-refractivity contribution in [2.75, 3.05) is 38.7 Å². The lowest BCUT2D eigenvalue weighted by molar-refractivity contribution is -0.217. The number of ether oxygens (including phenoxy) is 3. The molecule has 38 heavy (non-hydrogen) atoms. The second-order valence-corrected chi connectivity index (χ2v) is 11.7. The fourth-order valence-corrected chi connectivity index (χ4v) is 8.54. The Balaban J connectivity index is 1.52. The fourth-order valence-electron chi connectivity index (χ4n) is 8.54. The number of carbonyl (C=O) groups is 2. The van der Waals surface area contributed by atoms with Crippen molar-refractivity contribution >= 4 is 17.7 Å². The zero-order chi connectivity index (χ0) is 26.9. The van der Waals surface area contributed by atoms with E-state index in [4.69, 9.17) is 14.2 Å². The molecule has 0 aromatic heterocycles. The second kappa shape index (κ2) is 8.88. The molecule has 5 aliphatic rings. The molecule has 0 bridgehead atoms. The molecule has 1 aromatic rings. The zero-order valence-electron chi connectivity index (χ0n) is 22.7. The highest BCUT2D eigenvalue weighted by molar-refractivity contribution is 5.72. The summed E-state index contributed by atoms with van der Waals surface area (Å²) in [7, 11) is 3.64. The molecule has 3 heterocycles. The van der Waals surface area contributed by atoms with Gasteiger partial charge < -0.3 is 29.5 Å². The van der Waals surface area contributed by atoms with Gasteiger partial charge in [0.2, 0.25) is 0 Å². The first-order chi connectivity index (χ1) is 18.2. The van der Waals surface area contributed by atoms with Gasteiger partial charge in [-0.05, 0) is 50.3 Å². The van der Waals surface area contributed by atoms with Gasteiger partial charge in [-0.1, -0.05) is 25.1 Å². The van der Waals surface area contributed by atoms with Gasteiger partial charge in [-0.25, -0.2) is 4.79 Å². The van der Waals surface area contributed by atoms with E-state index in [1.807, 2.05) is 19.2 Å². The van der Waals surface area contributed by atoms with Gasteiger partial charge in [0, 0.05) is 49.1 Å². The SMILES string of the molecule is CC[C@]12C=CCN3CC[C@@]4(c5ccc(OC)cc5N(C)[C@H]4[C@@](O)(CNC(=O)OC4CCC4)[C@@H]1OC(C)=O)[C@@H]32. The highest BCUT2D eigenvalue weighted by Gasteiger charge is 2.77. The normalized spacial score (nSPS) is 37.1. The molecular weight excluding hydrogens is 486 g/mol. The summed E-state index contributed by atoms with van der Waals surface area (Å²) in [4.78, 5) is 30.0. The zero-order valence-corrected chi connectivity index (χ0v) is 22.7. The van der Waals surface area contributed by atoms with E-state index < -0.39 is 40.6 Å². The fraction of sp³-hybridized carbons (Fsp3) is 0.655. The van der Waals surface area contributed by atoms with Crippen LogP contribution in [0.3, 0.4) is 0 Å². The molecule has 0 radical (unpaired) electrons. The average molecular weight is 526 g/mol. The summed E-state index contributed by atoms with van der Waals surface area (Å²) in [5.41, 5.74) is -0.525. The number of nitrogens with one attached hydrogen (secondary N) is 1. The molecule has 3 aliphatic heterocycles. The number of benzene rings is 1. The molecule has 0 unspecified atom stereocenters. The molecule has 9 nitrogen and oxygen atoms in total. The molecule has 2 saturated carbocycles. The van der Waals surface area contributed by atoms with E-state index in [0.717, 1.165) is 50.2 Å². The minimum atomic E-state index is -1.60. The van der Waals surface area contributed by atoms with Crippen molar-refractivity contribution in [3.63, 3.8) is 0 Å². The number of hydrogen-bond acceptors (Lipinski definition) is 8. The molecule has 1 amide bonds. The molecule has 1 aromatic carbocycles. The number of methoxy groups -OCH3 is 1. The van der Waals surface area contributed by atoms with E-state index in [-0.39, 0.29) is 18.7 Å². The maximum absolute atomic E-state index is 13.0. The van der Waals surface area contributed by atoms with Crippen LogP contribution in [0.4, 0.5) is 10.5 Å². The predicted molar refractivity (Wildman–Crippen MR) is 141 cm³/mol. The van der Waals surface area contributed by atoms with Gasteiger partial charge in [0.15, 0.2) is 0 Å². The first kappa shape index (κ1) is 25.5. The number of esters is 1. The van der Waals surface area contributed by atoms with Crippen LogP contribution in [0.15, 0.2) is 30.4 Å². The number of carbonyl (C=O) groups excluding carboxylic acids is 2. The maximum atomic E-state index is 13.0. The Kier molecular flexibility index (Phi) is 5.96. The number of rotatable bonds is 6. The van der Waals surface area contributed by atoms with E-state index in [1.54, 1.807) is 7.11 Å². The lowest BCUT2D eigenvalue weighted by atomic mass is 9.47. The van der Waals surface area contributed by atoms with Crippen molar-refractivity contribution < 1.29 is 28.9 Å². The number of alkyl carbamates (subject to hydrolysis) is 1. The molecule has 1 saturated heterocycles. The number of likely N-dealkylation sites (N-methyl/N-ethyl adjacent to an activating group) is 1. The highest BCUT2D eigenvalue weighted by atomic mass is 16.6. The van der Waals surface area contributed by atoms with Crippen LogP contribution < -0.4 is 15.0 Å². The third kappa shape index (κ3) is 3.30. The Morgan fingerprint density at radius 1 is 1.21 bits per heavy atom. The van der Waals surface area contributed by atoms with E-state index in [2.05, 4.69) is 40.3 Å². The molecule has 6 rings (SSSR count). The van der Waals surface area contributed by atoms with E-state index in [0.29, 0.717) is 6.42 Å². The van der Waals surface area contributed by atoms with Gasteiger partial charge in [0.05, 0.1) is 19.7 Å². The smallest absolute Gasteiger partial charge is 0.407 e. The van der Waals surface area contributed by atoms with Crippen molar-refractivity contribution in [2.24, 2.45) is 5.41 Å². The maximum Gasteiger partial charge on any atom is 0.407 e. The Bertz CT molecular complexity index is 1170.